The maximum atomic E-state index is 12.9. The summed E-state index contributed by atoms with van der Waals surface area (Å²) in [7, 11) is 1.89. The number of ketones is 1. The summed E-state index contributed by atoms with van der Waals surface area (Å²) in [6.45, 7) is 2.57. The van der Waals surface area contributed by atoms with E-state index in [2.05, 4.69) is 5.10 Å². The van der Waals surface area contributed by atoms with Crippen molar-refractivity contribution in [3.63, 3.8) is 0 Å². The highest BCUT2D eigenvalue weighted by molar-refractivity contribution is 6.31. The molecule has 0 aliphatic carbocycles. The Morgan fingerprint density at radius 2 is 1.96 bits per heavy atom. The number of amidine groups is 1. The number of hydrogen-bond donors (Lipinski definition) is 0. The predicted octanol–water partition coefficient (Wildman–Crippen LogP) is 3.49. The van der Waals surface area contributed by atoms with Gasteiger partial charge in [0.05, 0.1) is 11.6 Å². The number of benzene rings is 2. The molecule has 0 unspecified atom stereocenters. The van der Waals surface area contributed by atoms with Crippen molar-refractivity contribution in [1.29, 1.82) is 0 Å². The maximum absolute atomic E-state index is 12.9. The Hall–Kier alpha value is -2.33. The van der Waals surface area contributed by atoms with E-state index >= 15 is 0 Å². The molecule has 118 valence electrons. The van der Waals surface area contributed by atoms with Crippen LogP contribution in [0.4, 0.5) is 5.69 Å². The van der Waals surface area contributed by atoms with E-state index in [0.29, 0.717) is 23.7 Å². The Balaban J connectivity index is 2.06. The van der Waals surface area contributed by atoms with E-state index in [1.54, 1.807) is 0 Å². The minimum atomic E-state index is 0.00720. The van der Waals surface area contributed by atoms with E-state index in [4.69, 9.17) is 11.6 Å². The number of anilines is 1. The van der Waals surface area contributed by atoms with Crippen LogP contribution in [0.3, 0.4) is 0 Å². The van der Waals surface area contributed by atoms with Crippen molar-refractivity contribution in [2.75, 3.05) is 24.5 Å². The van der Waals surface area contributed by atoms with Gasteiger partial charge in [-0.15, -0.1) is 11.6 Å². The lowest BCUT2D eigenvalue weighted by molar-refractivity contribution is 0.103. The SMILES string of the molecule is Cc1ccc(N2CN(C)N=C2CCl)c(C(=O)c2ccccc2)c1. The fourth-order valence-corrected chi connectivity index (χ4v) is 2.89. The molecule has 0 atom stereocenters. The second-order valence-corrected chi connectivity index (χ2v) is 5.86. The van der Waals surface area contributed by atoms with Crippen molar-refractivity contribution in [2.45, 2.75) is 6.92 Å². The molecule has 0 amide bonds. The topological polar surface area (TPSA) is 35.9 Å². The first kappa shape index (κ1) is 15.6. The number of rotatable bonds is 4. The second kappa shape index (κ2) is 6.42. The number of hydrogen-bond acceptors (Lipinski definition) is 4. The normalized spacial score (nSPS) is 14.1. The molecule has 2 aromatic carbocycles. The molecule has 4 nitrogen and oxygen atoms in total. The molecule has 1 heterocycles. The molecule has 23 heavy (non-hydrogen) atoms. The van der Waals surface area contributed by atoms with Crippen LogP contribution in [0, 0.1) is 6.92 Å². The van der Waals surface area contributed by atoms with Gasteiger partial charge in [-0.3, -0.25) is 9.80 Å². The van der Waals surface area contributed by atoms with Gasteiger partial charge in [0.25, 0.3) is 0 Å². The van der Waals surface area contributed by atoms with E-state index in [0.717, 1.165) is 17.1 Å². The van der Waals surface area contributed by atoms with E-state index in [1.807, 2.05) is 72.4 Å². The van der Waals surface area contributed by atoms with Crippen LogP contribution in [-0.2, 0) is 0 Å². The Kier molecular flexibility index (Phi) is 4.35. The number of carbonyl (C=O) groups excluding carboxylic acids is 1. The number of nitrogens with zero attached hydrogens (tertiary/aromatic N) is 3. The minimum Gasteiger partial charge on any atom is -0.307 e. The lowest BCUT2D eigenvalue weighted by Crippen LogP contribution is -2.32. The van der Waals surface area contributed by atoms with Crippen molar-refractivity contribution in [1.82, 2.24) is 5.01 Å². The van der Waals surface area contributed by atoms with Gasteiger partial charge in [-0.25, -0.2) is 0 Å². The predicted molar refractivity (Wildman–Crippen MR) is 94.3 cm³/mol. The molecular weight excluding hydrogens is 310 g/mol. The highest BCUT2D eigenvalue weighted by Gasteiger charge is 2.26. The molecule has 2 aromatic rings. The van der Waals surface area contributed by atoms with Gasteiger partial charge >= 0.3 is 0 Å². The van der Waals surface area contributed by atoms with Gasteiger partial charge in [-0.05, 0) is 19.1 Å². The minimum absolute atomic E-state index is 0.00720. The van der Waals surface area contributed by atoms with Gasteiger partial charge in [-0.2, -0.15) is 5.10 Å². The summed E-state index contributed by atoms with van der Waals surface area (Å²) in [5.41, 5.74) is 3.23. The lowest BCUT2D eigenvalue weighted by atomic mass is 9.99. The number of halogens is 1. The van der Waals surface area contributed by atoms with Crippen molar-refractivity contribution < 1.29 is 4.79 Å². The van der Waals surface area contributed by atoms with Crippen LogP contribution in [0.5, 0.6) is 0 Å². The zero-order valence-corrected chi connectivity index (χ0v) is 13.9. The number of aryl methyl sites for hydroxylation is 1. The molecule has 0 N–H and O–H groups in total. The fraction of sp³-hybridized carbons (Fsp3) is 0.222. The summed E-state index contributed by atoms with van der Waals surface area (Å²) in [6, 6.07) is 15.2. The third-order valence-corrected chi connectivity index (χ3v) is 4.03. The Morgan fingerprint density at radius 3 is 2.65 bits per heavy atom. The van der Waals surface area contributed by atoms with Crippen LogP contribution >= 0.6 is 11.6 Å². The maximum Gasteiger partial charge on any atom is 0.195 e. The van der Waals surface area contributed by atoms with Crippen molar-refractivity contribution in [2.24, 2.45) is 5.10 Å². The third-order valence-electron chi connectivity index (χ3n) is 3.79. The van der Waals surface area contributed by atoms with Crippen molar-refractivity contribution in [3.8, 4) is 0 Å². The highest BCUT2D eigenvalue weighted by atomic mass is 35.5. The van der Waals surface area contributed by atoms with Crippen molar-refractivity contribution in [3.05, 3.63) is 65.2 Å². The first-order chi connectivity index (χ1) is 11.1. The van der Waals surface area contributed by atoms with E-state index in [9.17, 15) is 4.79 Å². The molecular formula is C18H18ClN3O. The van der Waals surface area contributed by atoms with E-state index < -0.39 is 0 Å². The Bertz CT molecular complexity index is 758. The molecule has 1 aliphatic rings. The fourth-order valence-electron chi connectivity index (χ4n) is 2.70. The van der Waals surface area contributed by atoms with Crippen LogP contribution in [0.15, 0.2) is 53.6 Å². The average Bonchev–Trinajstić information content (AvgIpc) is 2.95. The van der Waals surface area contributed by atoms with Crippen LogP contribution in [-0.4, -0.2) is 36.2 Å². The van der Waals surface area contributed by atoms with Crippen LogP contribution < -0.4 is 4.90 Å². The molecule has 0 fully saturated rings. The molecule has 1 aliphatic heterocycles. The summed E-state index contributed by atoms with van der Waals surface area (Å²) in [5.74, 6) is 1.06. The molecule has 0 saturated heterocycles. The van der Waals surface area contributed by atoms with E-state index in [1.165, 1.54) is 0 Å². The second-order valence-electron chi connectivity index (χ2n) is 5.59. The van der Waals surface area contributed by atoms with Crippen LogP contribution in [0.25, 0.3) is 0 Å². The Morgan fingerprint density at radius 1 is 1.22 bits per heavy atom. The molecule has 5 heteroatoms. The monoisotopic (exact) mass is 327 g/mol. The molecule has 0 saturated carbocycles. The molecule has 0 spiro atoms. The summed E-state index contributed by atoms with van der Waals surface area (Å²) >= 11 is 6.01. The smallest absolute Gasteiger partial charge is 0.195 e. The number of alkyl halides is 1. The molecule has 3 rings (SSSR count). The lowest BCUT2D eigenvalue weighted by Gasteiger charge is -2.22. The molecule has 0 bridgehead atoms. The zero-order valence-electron chi connectivity index (χ0n) is 13.2. The highest BCUT2D eigenvalue weighted by Crippen LogP contribution is 2.27. The van der Waals surface area contributed by atoms with Crippen molar-refractivity contribution >= 4 is 28.9 Å². The zero-order chi connectivity index (χ0) is 16.4. The van der Waals surface area contributed by atoms with E-state index in [-0.39, 0.29) is 5.78 Å². The molecule has 0 radical (unpaired) electrons. The number of hydrazone groups is 1. The summed E-state index contributed by atoms with van der Waals surface area (Å²) in [6.07, 6.45) is 0. The quantitative estimate of drug-likeness (QED) is 0.637. The first-order valence-corrected chi connectivity index (χ1v) is 7.96. The third kappa shape index (κ3) is 3.08. The van der Waals surface area contributed by atoms with Gasteiger partial charge < -0.3 is 4.90 Å². The van der Waals surface area contributed by atoms with Gasteiger partial charge in [0.15, 0.2) is 5.78 Å². The van der Waals surface area contributed by atoms with Crippen LogP contribution in [0.1, 0.15) is 21.5 Å². The first-order valence-electron chi connectivity index (χ1n) is 7.42. The average molecular weight is 328 g/mol. The largest absolute Gasteiger partial charge is 0.307 e. The van der Waals surface area contributed by atoms with Gasteiger partial charge in [0, 0.05) is 18.2 Å². The Labute approximate surface area is 141 Å². The van der Waals surface area contributed by atoms with Gasteiger partial charge in [-0.1, -0.05) is 42.0 Å². The van der Waals surface area contributed by atoms with Gasteiger partial charge in [0.2, 0.25) is 0 Å². The standard InChI is InChI=1S/C18H18ClN3O/c1-13-8-9-16(22-12-21(2)20-17(22)11-19)15(10-13)18(23)14-6-4-3-5-7-14/h3-10H,11-12H2,1-2H3. The van der Waals surface area contributed by atoms with Gasteiger partial charge in [0.1, 0.15) is 12.5 Å². The number of carbonyl (C=O) groups is 1. The summed E-state index contributed by atoms with van der Waals surface area (Å²) in [4.78, 5) is 14.9. The molecule has 0 aromatic heterocycles. The van der Waals surface area contributed by atoms with Crippen LogP contribution in [0.2, 0.25) is 0 Å². The summed E-state index contributed by atoms with van der Waals surface area (Å²) in [5, 5.41) is 6.21. The summed E-state index contributed by atoms with van der Waals surface area (Å²) < 4.78 is 0.